The molecule has 0 amide bonds. The van der Waals surface area contributed by atoms with Gasteiger partial charge in [-0.15, -0.1) is 5.10 Å². The van der Waals surface area contributed by atoms with Crippen molar-refractivity contribution in [1.82, 2.24) is 25.5 Å². The second kappa shape index (κ2) is 3.58. The second-order valence-electron chi connectivity index (χ2n) is 4.00. The first-order valence-corrected chi connectivity index (χ1v) is 5.20. The Morgan fingerprint density at radius 2 is 2.27 bits per heavy atom. The van der Waals surface area contributed by atoms with E-state index in [1.165, 1.54) is 31.6 Å². The third kappa shape index (κ3) is 1.70. The Bertz CT molecular complexity index is 349. The summed E-state index contributed by atoms with van der Waals surface area (Å²) in [5.74, 6) is 1.08. The van der Waals surface area contributed by atoms with Gasteiger partial charge in [0.15, 0.2) is 0 Å². The number of aromatic amines is 1. The summed E-state index contributed by atoms with van der Waals surface area (Å²) in [7, 11) is 0. The minimum Gasteiger partial charge on any atom is -0.298 e. The zero-order chi connectivity index (χ0) is 10.1. The predicted molar refractivity (Wildman–Crippen MR) is 54.4 cm³/mol. The molecule has 3 fully saturated rings. The molecule has 2 N–H and O–H groups in total. The number of hydrogen-bond donors (Lipinski definition) is 2. The van der Waals surface area contributed by atoms with Gasteiger partial charge in [0, 0.05) is 12.5 Å². The number of aromatic nitrogens is 4. The van der Waals surface area contributed by atoms with Crippen molar-refractivity contribution >= 4 is 11.7 Å². The highest BCUT2D eigenvalue weighted by Crippen LogP contribution is 2.25. The molecule has 0 atom stereocenters. The summed E-state index contributed by atoms with van der Waals surface area (Å²) in [6.07, 6.45) is 2.46. The molecule has 1 aromatic rings. The zero-order valence-electron chi connectivity index (χ0n) is 8.35. The minimum atomic E-state index is 0.430. The third-order valence-corrected chi connectivity index (χ3v) is 3.09. The highest BCUT2D eigenvalue weighted by molar-refractivity contribution is 5.90. The number of anilines is 1. The number of H-pyrrole nitrogens is 1. The molecule has 7 nitrogen and oxygen atoms in total. The first-order chi connectivity index (χ1) is 7.42. The van der Waals surface area contributed by atoms with E-state index in [2.05, 4.69) is 36.1 Å². The van der Waals surface area contributed by atoms with E-state index >= 15 is 0 Å². The molecule has 3 aliphatic rings. The van der Waals surface area contributed by atoms with Gasteiger partial charge < -0.3 is 0 Å². The average Bonchev–Trinajstić information content (AvgIpc) is 2.81. The zero-order valence-corrected chi connectivity index (χ0v) is 8.35. The van der Waals surface area contributed by atoms with Crippen molar-refractivity contribution < 1.29 is 0 Å². The van der Waals surface area contributed by atoms with E-state index < -0.39 is 0 Å². The van der Waals surface area contributed by atoms with Crippen LogP contribution in [0.15, 0.2) is 5.10 Å². The molecule has 3 saturated heterocycles. The molecule has 0 spiro atoms. The molecule has 0 saturated carbocycles. The first kappa shape index (κ1) is 8.78. The molecule has 1 aromatic heterocycles. The molecule has 3 aliphatic heterocycles. The van der Waals surface area contributed by atoms with Gasteiger partial charge in [-0.25, -0.2) is 5.43 Å². The molecule has 7 heteroatoms. The fraction of sp³-hybridized carbons (Fsp3) is 0.750. The molecule has 0 unspecified atom stereocenters. The van der Waals surface area contributed by atoms with Crippen molar-refractivity contribution in [2.45, 2.75) is 12.8 Å². The standard InChI is InChI=1S/C8H13N7/c1-3-15-4-2-6(1)7(5-15)9-10-8-11-13-14-12-8/h6H,1-5H2,(H2,10,11,12,13,14)/b9-7-. The lowest BCUT2D eigenvalue weighted by Crippen LogP contribution is -2.48. The summed E-state index contributed by atoms with van der Waals surface area (Å²) < 4.78 is 0. The number of nitrogens with zero attached hydrogens (tertiary/aromatic N) is 5. The van der Waals surface area contributed by atoms with Crippen LogP contribution >= 0.6 is 0 Å². The van der Waals surface area contributed by atoms with Crippen molar-refractivity contribution in [1.29, 1.82) is 0 Å². The van der Waals surface area contributed by atoms with E-state index in [0.717, 1.165) is 6.54 Å². The van der Waals surface area contributed by atoms with E-state index in [1.807, 2.05) is 0 Å². The van der Waals surface area contributed by atoms with Crippen LogP contribution in [0.1, 0.15) is 12.8 Å². The van der Waals surface area contributed by atoms with Gasteiger partial charge in [-0.3, -0.25) is 4.90 Å². The van der Waals surface area contributed by atoms with Gasteiger partial charge in [0.05, 0.1) is 5.71 Å². The van der Waals surface area contributed by atoms with Gasteiger partial charge in [-0.05, 0) is 31.1 Å². The molecule has 4 heterocycles. The summed E-state index contributed by atoms with van der Waals surface area (Å²) >= 11 is 0. The largest absolute Gasteiger partial charge is 0.298 e. The fourth-order valence-corrected chi connectivity index (χ4v) is 2.24. The SMILES string of the molecule is C1CN2CCC1/C(=N\Nc1nn[nH]n1)C2. The highest BCUT2D eigenvalue weighted by atomic mass is 15.5. The van der Waals surface area contributed by atoms with Gasteiger partial charge in [-0.2, -0.15) is 10.3 Å². The van der Waals surface area contributed by atoms with E-state index in [4.69, 9.17) is 0 Å². The third-order valence-electron chi connectivity index (χ3n) is 3.09. The highest BCUT2D eigenvalue weighted by Gasteiger charge is 2.30. The van der Waals surface area contributed by atoms with Gasteiger partial charge in [0.2, 0.25) is 0 Å². The van der Waals surface area contributed by atoms with E-state index in [9.17, 15) is 0 Å². The quantitative estimate of drug-likeness (QED) is 0.650. The van der Waals surface area contributed by atoms with Crippen LogP contribution in [0.2, 0.25) is 0 Å². The van der Waals surface area contributed by atoms with Crippen molar-refractivity contribution in [2.75, 3.05) is 25.1 Å². The normalized spacial score (nSPS) is 32.1. The number of piperidine rings is 3. The molecular weight excluding hydrogens is 194 g/mol. The Balaban J connectivity index is 1.69. The molecular formula is C8H13N7. The summed E-state index contributed by atoms with van der Waals surface area (Å²) in [4.78, 5) is 2.43. The molecule has 15 heavy (non-hydrogen) atoms. The Hall–Kier alpha value is -1.50. The molecule has 2 bridgehead atoms. The molecule has 0 radical (unpaired) electrons. The number of hydrogen-bond acceptors (Lipinski definition) is 6. The number of nitrogens with one attached hydrogen (secondary N) is 2. The maximum atomic E-state index is 4.35. The number of rotatable bonds is 2. The maximum Gasteiger partial charge on any atom is 0.283 e. The molecule has 80 valence electrons. The van der Waals surface area contributed by atoms with E-state index in [-0.39, 0.29) is 0 Å². The molecule has 0 aromatic carbocycles. The van der Waals surface area contributed by atoms with Crippen LogP contribution in [0.4, 0.5) is 5.95 Å². The van der Waals surface area contributed by atoms with Crippen molar-refractivity contribution in [3.05, 3.63) is 0 Å². The lowest BCUT2D eigenvalue weighted by atomic mass is 9.87. The first-order valence-electron chi connectivity index (χ1n) is 5.20. The summed E-state index contributed by atoms with van der Waals surface area (Å²) in [5, 5.41) is 17.8. The van der Waals surface area contributed by atoms with Crippen LogP contribution in [-0.4, -0.2) is 50.9 Å². The Labute approximate surface area is 86.9 Å². The molecule has 0 aliphatic carbocycles. The van der Waals surface area contributed by atoms with E-state index in [1.54, 1.807) is 0 Å². The van der Waals surface area contributed by atoms with Crippen LogP contribution in [0.25, 0.3) is 0 Å². The lowest BCUT2D eigenvalue weighted by molar-refractivity contribution is 0.200. The Kier molecular flexibility index (Phi) is 2.09. The van der Waals surface area contributed by atoms with E-state index in [0.29, 0.717) is 11.9 Å². The minimum absolute atomic E-state index is 0.430. The smallest absolute Gasteiger partial charge is 0.283 e. The monoisotopic (exact) mass is 207 g/mol. The van der Waals surface area contributed by atoms with Gasteiger partial charge in [0.1, 0.15) is 0 Å². The van der Waals surface area contributed by atoms with Crippen molar-refractivity contribution in [3.63, 3.8) is 0 Å². The van der Waals surface area contributed by atoms with Crippen LogP contribution in [0.3, 0.4) is 0 Å². The van der Waals surface area contributed by atoms with Crippen LogP contribution in [0.5, 0.6) is 0 Å². The maximum absolute atomic E-state index is 4.35. The number of hydrazone groups is 1. The lowest BCUT2D eigenvalue weighted by Gasteiger charge is -2.39. The predicted octanol–water partition coefficient (Wildman–Crippen LogP) is -0.307. The summed E-state index contributed by atoms with van der Waals surface area (Å²) in [6, 6.07) is 0. The average molecular weight is 207 g/mol. The molecule has 4 rings (SSSR count). The topological polar surface area (TPSA) is 82.1 Å². The number of fused-ring (bicyclic) bond motifs is 3. The van der Waals surface area contributed by atoms with Gasteiger partial charge in [0.25, 0.3) is 5.95 Å². The second-order valence-corrected chi connectivity index (χ2v) is 4.00. The van der Waals surface area contributed by atoms with Gasteiger partial charge >= 0.3 is 0 Å². The van der Waals surface area contributed by atoms with Crippen LogP contribution < -0.4 is 5.43 Å². The van der Waals surface area contributed by atoms with Crippen LogP contribution in [0, 0.1) is 5.92 Å². The summed E-state index contributed by atoms with van der Waals surface area (Å²) in [6.45, 7) is 3.41. The summed E-state index contributed by atoms with van der Waals surface area (Å²) in [5.41, 5.74) is 4.04. The van der Waals surface area contributed by atoms with Crippen LogP contribution in [-0.2, 0) is 0 Å². The van der Waals surface area contributed by atoms with Crippen molar-refractivity contribution in [2.24, 2.45) is 11.0 Å². The van der Waals surface area contributed by atoms with Gasteiger partial charge in [-0.1, -0.05) is 5.10 Å². The fourth-order valence-electron chi connectivity index (χ4n) is 2.24. The Morgan fingerprint density at radius 1 is 1.40 bits per heavy atom. The Morgan fingerprint density at radius 3 is 2.87 bits per heavy atom. The van der Waals surface area contributed by atoms with Crippen molar-refractivity contribution in [3.8, 4) is 0 Å². The number of tetrazole rings is 1.